The molecule has 0 unspecified atom stereocenters. The van der Waals surface area contributed by atoms with Crippen LogP contribution in [0.15, 0.2) is 30.3 Å². The van der Waals surface area contributed by atoms with Gasteiger partial charge in [0, 0.05) is 55.9 Å². The molecule has 0 atom stereocenters. The van der Waals surface area contributed by atoms with Crippen LogP contribution >= 0.6 is 23.2 Å². The normalized spacial score (nSPS) is 17.3. The predicted molar refractivity (Wildman–Crippen MR) is 152 cm³/mol. The molecule has 15 heteroatoms. The summed E-state index contributed by atoms with van der Waals surface area (Å²) < 4.78 is 32.6. The predicted octanol–water partition coefficient (Wildman–Crippen LogP) is 3.72. The topological polar surface area (TPSA) is 133 Å². The van der Waals surface area contributed by atoms with Crippen molar-refractivity contribution < 1.29 is 47.6 Å². The van der Waals surface area contributed by atoms with E-state index in [0.717, 1.165) is 0 Å². The summed E-state index contributed by atoms with van der Waals surface area (Å²) in [6, 6.07) is 6.65. The summed E-state index contributed by atoms with van der Waals surface area (Å²) in [5.41, 5.74) is -0.164. The minimum atomic E-state index is -0.726. The Kier molecular flexibility index (Phi) is 10.2. The molecule has 3 aliphatic heterocycles. The Hall–Kier alpha value is -3.62. The Bertz CT molecular complexity index is 1370. The summed E-state index contributed by atoms with van der Waals surface area (Å²) in [6.45, 7) is 3.98. The minimum Gasteiger partial charge on any atom is -0.409 e. The number of nitrogens with zero attached hydrogens (tertiary/aromatic N) is 3. The van der Waals surface area contributed by atoms with Crippen LogP contribution in [0.3, 0.4) is 0 Å². The van der Waals surface area contributed by atoms with Crippen LogP contribution in [0.1, 0.15) is 15.9 Å². The summed E-state index contributed by atoms with van der Waals surface area (Å²) >= 11 is 12.8. The molecule has 0 bridgehead atoms. The Labute approximate surface area is 257 Å². The van der Waals surface area contributed by atoms with Crippen molar-refractivity contribution in [3.05, 3.63) is 51.5 Å². The quantitative estimate of drug-likeness (QED) is 0.447. The fourth-order valence-corrected chi connectivity index (χ4v) is 4.91. The van der Waals surface area contributed by atoms with Crippen LogP contribution in [-0.2, 0) is 14.2 Å². The maximum atomic E-state index is 13.9. The summed E-state index contributed by atoms with van der Waals surface area (Å²) in [4.78, 5) is 56.8. The van der Waals surface area contributed by atoms with Crippen molar-refractivity contribution in [3.63, 3.8) is 0 Å². The smallest absolute Gasteiger partial charge is 0.409 e. The van der Waals surface area contributed by atoms with Gasteiger partial charge in [0.2, 0.25) is 0 Å². The molecular weight excluding hydrogens is 609 g/mol. The van der Waals surface area contributed by atoms with E-state index in [1.165, 1.54) is 45.0 Å². The lowest BCUT2D eigenvalue weighted by Crippen LogP contribution is -2.43. The first-order valence-electron chi connectivity index (χ1n) is 13.6. The molecule has 3 saturated heterocycles. The van der Waals surface area contributed by atoms with Crippen molar-refractivity contribution in [1.82, 2.24) is 14.7 Å². The summed E-state index contributed by atoms with van der Waals surface area (Å²) in [7, 11) is 0. The Morgan fingerprint density at radius 1 is 0.558 bits per heavy atom. The molecule has 0 spiro atoms. The standard InChI is InChI=1S/C28H29Cl2N3O10/c29-18-1-2-22(41-26(35)31-3-9-38-10-4-31)20(15-18)25(34)19-16-23(42-27(36)32-5-11-39-12-6-32)24(17-21(19)30)43-28(37)33-7-13-40-14-8-33/h1-2,15-17H,3-14H2. The van der Waals surface area contributed by atoms with Crippen molar-refractivity contribution in [2.24, 2.45) is 0 Å². The van der Waals surface area contributed by atoms with Crippen molar-refractivity contribution >= 4 is 47.3 Å². The highest BCUT2D eigenvalue weighted by molar-refractivity contribution is 6.36. The van der Waals surface area contributed by atoms with Gasteiger partial charge in [0.1, 0.15) is 5.75 Å². The van der Waals surface area contributed by atoms with Crippen molar-refractivity contribution in [2.45, 2.75) is 0 Å². The molecule has 3 fully saturated rings. The SMILES string of the molecule is O=C(c1cc(OC(=O)N2CCOCC2)c(OC(=O)N2CCOCC2)cc1Cl)c1cc(Cl)ccc1OC(=O)N1CCOCC1. The monoisotopic (exact) mass is 637 g/mol. The van der Waals surface area contributed by atoms with Crippen molar-refractivity contribution in [2.75, 3.05) is 78.9 Å². The second kappa shape index (κ2) is 14.2. The molecule has 0 saturated carbocycles. The molecular formula is C28H29Cl2N3O10. The van der Waals surface area contributed by atoms with E-state index in [0.29, 0.717) is 78.9 Å². The van der Waals surface area contributed by atoms with Gasteiger partial charge < -0.3 is 43.1 Å². The van der Waals surface area contributed by atoms with Crippen molar-refractivity contribution in [3.8, 4) is 17.2 Å². The van der Waals surface area contributed by atoms with Crippen LogP contribution in [0, 0.1) is 0 Å². The van der Waals surface area contributed by atoms with Gasteiger partial charge in [-0.05, 0) is 24.3 Å². The number of hydrogen-bond acceptors (Lipinski definition) is 10. The molecule has 0 radical (unpaired) electrons. The lowest BCUT2D eigenvalue weighted by atomic mass is 10.0. The molecule has 3 heterocycles. The lowest BCUT2D eigenvalue weighted by Gasteiger charge is -2.27. The molecule has 3 amide bonds. The second-order valence-corrected chi connectivity index (χ2v) is 10.5. The maximum absolute atomic E-state index is 13.9. The van der Waals surface area contributed by atoms with E-state index in [-0.39, 0.29) is 38.4 Å². The van der Waals surface area contributed by atoms with Gasteiger partial charge in [-0.15, -0.1) is 0 Å². The molecule has 3 aliphatic rings. The van der Waals surface area contributed by atoms with Crippen LogP contribution in [0.4, 0.5) is 14.4 Å². The van der Waals surface area contributed by atoms with E-state index in [1.54, 1.807) is 0 Å². The fourth-order valence-electron chi connectivity index (χ4n) is 4.50. The Morgan fingerprint density at radius 2 is 0.977 bits per heavy atom. The molecule has 0 aromatic heterocycles. The summed E-state index contributed by atoms with van der Waals surface area (Å²) in [5, 5.41) is 0.104. The maximum Gasteiger partial charge on any atom is 0.415 e. The third kappa shape index (κ3) is 7.67. The van der Waals surface area contributed by atoms with E-state index >= 15 is 0 Å². The molecule has 2 aromatic rings. The zero-order chi connectivity index (χ0) is 30.3. The first kappa shape index (κ1) is 30.8. The van der Waals surface area contributed by atoms with Gasteiger partial charge in [0.05, 0.1) is 50.2 Å². The zero-order valence-electron chi connectivity index (χ0n) is 23.1. The number of hydrogen-bond donors (Lipinski definition) is 0. The highest BCUT2D eigenvalue weighted by Gasteiger charge is 2.28. The van der Waals surface area contributed by atoms with Crippen LogP contribution in [-0.4, -0.2) is 118 Å². The second-order valence-electron chi connectivity index (χ2n) is 9.65. The molecule has 0 aliphatic carbocycles. The first-order valence-corrected chi connectivity index (χ1v) is 14.4. The van der Waals surface area contributed by atoms with Gasteiger partial charge in [-0.3, -0.25) is 4.79 Å². The van der Waals surface area contributed by atoms with Gasteiger partial charge >= 0.3 is 18.3 Å². The number of morpholine rings is 3. The number of ether oxygens (including phenoxy) is 6. The Balaban J connectivity index is 1.45. The molecule has 0 N–H and O–H groups in total. The molecule has 5 rings (SSSR count). The van der Waals surface area contributed by atoms with Crippen LogP contribution < -0.4 is 14.2 Å². The highest BCUT2D eigenvalue weighted by Crippen LogP contribution is 2.37. The Morgan fingerprint density at radius 3 is 1.44 bits per heavy atom. The number of benzene rings is 2. The first-order chi connectivity index (χ1) is 20.8. The van der Waals surface area contributed by atoms with Crippen LogP contribution in [0.2, 0.25) is 10.0 Å². The number of rotatable bonds is 5. The van der Waals surface area contributed by atoms with Crippen molar-refractivity contribution in [1.29, 1.82) is 0 Å². The van der Waals surface area contributed by atoms with Gasteiger partial charge in [0.15, 0.2) is 17.3 Å². The van der Waals surface area contributed by atoms with E-state index in [4.69, 9.17) is 51.6 Å². The fraction of sp³-hybridized carbons (Fsp3) is 0.429. The van der Waals surface area contributed by atoms with Gasteiger partial charge in [0.25, 0.3) is 0 Å². The van der Waals surface area contributed by atoms with Gasteiger partial charge in [-0.25, -0.2) is 14.4 Å². The summed E-state index contributed by atoms with van der Waals surface area (Å²) in [5.74, 6) is -1.09. The third-order valence-electron chi connectivity index (χ3n) is 6.86. The minimum absolute atomic E-state index is 0.0448. The number of ketones is 1. The van der Waals surface area contributed by atoms with Crippen LogP contribution in [0.5, 0.6) is 17.2 Å². The van der Waals surface area contributed by atoms with E-state index < -0.39 is 24.1 Å². The number of amides is 3. The molecule has 13 nitrogen and oxygen atoms in total. The van der Waals surface area contributed by atoms with E-state index in [1.807, 2.05) is 0 Å². The lowest BCUT2D eigenvalue weighted by molar-refractivity contribution is 0.0390. The number of halogens is 2. The van der Waals surface area contributed by atoms with Gasteiger partial charge in [-0.1, -0.05) is 23.2 Å². The van der Waals surface area contributed by atoms with Crippen LogP contribution in [0.25, 0.3) is 0 Å². The molecule has 43 heavy (non-hydrogen) atoms. The third-order valence-corrected chi connectivity index (χ3v) is 7.41. The van der Waals surface area contributed by atoms with Gasteiger partial charge in [-0.2, -0.15) is 0 Å². The average molecular weight is 638 g/mol. The summed E-state index contributed by atoms with van der Waals surface area (Å²) in [6.07, 6.45) is -2.08. The highest BCUT2D eigenvalue weighted by atomic mass is 35.5. The largest absolute Gasteiger partial charge is 0.415 e. The number of carbonyl (C=O) groups excluding carboxylic acids is 4. The van der Waals surface area contributed by atoms with E-state index in [2.05, 4.69) is 0 Å². The average Bonchev–Trinajstić information content (AvgIpc) is 3.04. The number of carbonyl (C=O) groups is 4. The zero-order valence-corrected chi connectivity index (χ0v) is 24.6. The molecule has 2 aromatic carbocycles. The van der Waals surface area contributed by atoms with E-state index in [9.17, 15) is 19.2 Å². The molecule has 230 valence electrons.